The first-order valence-electron chi connectivity index (χ1n) is 8.23. The molecule has 0 aromatic heterocycles. The molecule has 0 spiro atoms. The summed E-state index contributed by atoms with van der Waals surface area (Å²) in [6.07, 6.45) is 1.62. The van der Waals surface area contributed by atoms with Gasteiger partial charge in [-0.2, -0.15) is 0 Å². The number of rotatable bonds is 5. The van der Waals surface area contributed by atoms with Crippen molar-refractivity contribution in [2.75, 3.05) is 7.11 Å². The molecular weight excluding hydrogens is 446 g/mol. The number of amides is 2. The second-order valence-electron chi connectivity index (χ2n) is 5.90. The number of ether oxygens (including phenoxy) is 2. The summed E-state index contributed by atoms with van der Waals surface area (Å²) in [5.41, 5.74) is 1.51. The van der Waals surface area contributed by atoms with Gasteiger partial charge in [0.2, 0.25) is 0 Å². The summed E-state index contributed by atoms with van der Waals surface area (Å²) >= 11 is 4.27. The van der Waals surface area contributed by atoms with Crippen LogP contribution in [0.15, 0.2) is 51.8 Å². The lowest BCUT2D eigenvalue weighted by Crippen LogP contribution is -2.27. The van der Waals surface area contributed by atoms with E-state index in [0.29, 0.717) is 16.2 Å². The minimum Gasteiger partial charge on any atom is -0.493 e. The number of benzene rings is 2. The van der Waals surface area contributed by atoms with Gasteiger partial charge in [0.25, 0.3) is 11.1 Å². The average molecular weight is 462 g/mol. The Morgan fingerprint density at radius 1 is 1.18 bits per heavy atom. The highest BCUT2D eigenvalue weighted by Gasteiger charge is 2.35. The van der Waals surface area contributed by atoms with Crippen molar-refractivity contribution in [2.45, 2.75) is 13.5 Å². The molecule has 0 bridgehead atoms. The van der Waals surface area contributed by atoms with Crippen LogP contribution in [0, 0.1) is 0 Å². The lowest BCUT2D eigenvalue weighted by molar-refractivity contribution is -0.132. The van der Waals surface area contributed by atoms with Gasteiger partial charge >= 0.3 is 5.97 Å². The van der Waals surface area contributed by atoms with Crippen LogP contribution in [0.2, 0.25) is 0 Å². The molecule has 0 aliphatic carbocycles. The Labute approximate surface area is 174 Å². The highest BCUT2D eigenvalue weighted by molar-refractivity contribution is 9.10. The number of imide groups is 1. The predicted molar refractivity (Wildman–Crippen MR) is 110 cm³/mol. The molecule has 144 valence electrons. The van der Waals surface area contributed by atoms with E-state index in [4.69, 9.17) is 9.47 Å². The Balaban J connectivity index is 1.82. The molecule has 0 saturated carbocycles. The van der Waals surface area contributed by atoms with Gasteiger partial charge in [0.1, 0.15) is 0 Å². The van der Waals surface area contributed by atoms with E-state index in [1.54, 1.807) is 24.3 Å². The minimum absolute atomic E-state index is 0.205. The van der Waals surface area contributed by atoms with Gasteiger partial charge < -0.3 is 9.47 Å². The Kier molecular flexibility index (Phi) is 6.21. The number of carbonyl (C=O) groups is 3. The molecule has 28 heavy (non-hydrogen) atoms. The number of thioether (sulfide) groups is 1. The quantitative estimate of drug-likeness (QED) is 0.367. The summed E-state index contributed by atoms with van der Waals surface area (Å²) in [4.78, 5) is 37.7. The fraction of sp³-hybridized carbons (Fsp3) is 0.150. The first kappa shape index (κ1) is 20.2. The normalized spacial score (nSPS) is 15.2. The molecule has 0 unspecified atom stereocenters. The Morgan fingerprint density at radius 2 is 1.96 bits per heavy atom. The molecule has 1 heterocycles. The van der Waals surface area contributed by atoms with Crippen molar-refractivity contribution in [3.8, 4) is 11.5 Å². The van der Waals surface area contributed by atoms with Crippen LogP contribution in [-0.4, -0.2) is 29.1 Å². The smallest absolute Gasteiger partial charge is 0.308 e. The zero-order valence-corrected chi connectivity index (χ0v) is 17.5. The highest BCUT2D eigenvalue weighted by Crippen LogP contribution is 2.35. The van der Waals surface area contributed by atoms with Crippen LogP contribution in [0.25, 0.3) is 6.08 Å². The molecule has 8 heteroatoms. The van der Waals surface area contributed by atoms with Crippen LogP contribution in [0.5, 0.6) is 11.5 Å². The van der Waals surface area contributed by atoms with Crippen molar-refractivity contribution in [3.63, 3.8) is 0 Å². The summed E-state index contributed by atoms with van der Waals surface area (Å²) in [5.74, 6) is -0.162. The number of esters is 1. The topological polar surface area (TPSA) is 72.9 Å². The van der Waals surface area contributed by atoms with E-state index in [1.807, 2.05) is 24.3 Å². The molecule has 2 aromatic rings. The minimum atomic E-state index is -0.459. The molecule has 1 fully saturated rings. The van der Waals surface area contributed by atoms with Crippen LogP contribution in [0.3, 0.4) is 0 Å². The molecule has 3 rings (SSSR count). The number of carbonyl (C=O) groups excluding carboxylic acids is 3. The molecule has 1 saturated heterocycles. The number of methoxy groups -OCH3 is 1. The Hall–Kier alpha value is -2.58. The molecule has 1 aliphatic heterocycles. The van der Waals surface area contributed by atoms with Gasteiger partial charge in [-0.3, -0.25) is 19.3 Å². The van der Waals surface area contributed by atoms with Crippen LogP contribution in [-0.2, 0) is 16.1 Å². The van der Waals surface area contributed by atoms with Crippen molar-refractivity contribution in [1.82, 2.24) is 4.90 Å². The Bertz CT molecular complexity index is 988. The maximum atomic E-state index is 12.7. The predicted octanol–water partition coefficient (Wildman–Crippen LogP) is 4.62. The third kappa shape index (κ3) is 4.63. The zero-order chi connectivity index (χ0) is 20.3. The largest absolute Gasteiger partial charge is 0.493 e. The first-order valence-corrected chi connectivity index (χ1v) is 9.84. The van der Waals surface area contributed by atoms with Crippen molar-refractivity contribution < 1.29 is 23.9 Å². The maximum absolute atomic E-state index is 12.7. The zero-order valence-electron chi connectivity index (χ0n) is 15.1. The number of hydrogen-bond acceptors (Lipinski definition) is 6. The van der Waals surface area contributed by atoms with Crippen LogP contribution < -0.4 is 9.47 Å². The number of nitrogens with zero attached hydrogens (tertiary/aromatic N) is 1. The van der Waals surface area contributed by atoms with E-state index >= 15 is 0 Å². The van der Waals surface area contributed by atoms with E-state index in [1.165, 1.54) is 18.9 Å². The summed E-state index contributed by atoms with van der Waals surface area (Å²) in [7, 11) is 1.46. The van der Waals surface area contributed by atoms with Gasteiger partial charge in [-0.1, -0.05) is 34.1 Å². The van der Waals surface area contributed by atoms with Crippen molar-refractivity contribution in [3.05, 3.63) is 63.0 Å². The average Bonchev–Trinajstić information content (AvgIpc) is 2.90. The van der Waals surface area contributed by atoms with Crippen LogP contribution >= 0.6 is 27.7 Å². The van der Waals surface area contributed by atoms with Gasteiger partial charge in [0.15, 0.2) is 11.5 Å². The molecule has 2 amide bonds. The first-order chi connectivity index (χ1) is 13.4. The molecule has 0 radical (unpaired) electrons. The lowest BCUT2D eigenvalue weighted by atomic mass is 10.1. The van der Waals surface area contributed by atoms with Gasteiger partial charge in [0, 0.05) is 11.4 Å². The fourth-order valence-corrected chi connectivity index (χ4v) is 3.90. The van der Waals surface area contributed by atoms with E-state index < -0.39 is 5.97 Å². The number of halogens is 1. The molecular formula is C20H16BrNO5S. The number of hydrogen-bond donors (Lipinski definition) is 0. The molecule has 6 nitrogen and oxygen atoms in total. The van der Waals surface area contributed by atoms with Crippen molar-refractivity contribution in [1.29, 1.82) is 0 Å². The van der Waals surface area contributed by atoms with Crippen molar-refractivity contribution >= 4 is 50.9 Å². The van der Waals surface area contributed by atoms with Crippen LogP contribution in [0.4, 0.5) is 4.79 Å². The lowest BCUT2D eigenvalue weighted by Gasteiger charge is -2.12. The monoisotopic (exact) mass is 461 g/mol. The van der Waals surface area contributed by atoms with Crippen LogP contribution in [0.1, 0.15) is 18.1 Å². The summed E-state index contributed by atoms with van der Waals surface area (Å²) in [5, 5.41) is -0.320. The van der Waals surface area contributed by atoms with E-state index in [9.17, 15) is 14.4 Å². The standard InChI is InChI=1S/C20H16BrNO5S/c1-12(23)27-16-7-6-13(9-17(16)26-2)10-18-19(24)22(20(25)28-18)11-14-4-3-5-15(21)8-14/h3-10H,11H2,1-2H3/b18-10-. The van der Waals surface area contributed by atoms with E-state index in [0.717, 1.165) is 21.8 Å². The summed E-state index contributed by atoms with van der Waals surface area (Å²) in [6, 6.07) is 12.4. The second-order valence-corrected chi connectivity index (χ2v) is 7.81. The summed E-state index contributed by atoms with van der Waals surface area (Å²) in [6.45, 7) is 1.50. The summed E-state index contributed by atoms with van der Waals surface area (Å²) < 4.78 is 11.2. The Morgan fingerprint density at radius 3 is 2.64 bits per heavy atom. The molecule has 0 atom stereocenters. The van der Waals surface area contributed by atoms with E-state index in [-0.39, 0.29) is 23.4 Å². The third-order valence-corrected chi connectivity index (χ3v) is 5.24. The van der Waals surface area contributed by atoms with Gasteiger partial charge in [0.05, 0.1) is 18.6 Å². The maximum Gasteiger partial charge on any atom is 0.308 e. The van der Waals surface area contributed by atoms with Crippen molar-refractivity contribution in [2.24, 2.45) is 0 Å². The van der Waals surface area contributed by atoms with E-state index in [2.05, 4.69) is 15.9 Å². The molecule has 1 aliphatic rings. The van der Waals surface area contributed by atoms with Gasteiger partial charge in [-0.25, -0.2) is 0 Å². The molecule has 2 aromatic carbocycles. The second kappa shape index (κ2) is 8.62. The SMILES string of the molecule is COc1cc(/C=C2\SC(=O)N(Cc3cccc(Br)c3)C2=O)ccc1OC(C)=O. The highest BCUT2D eigenvalue weighted by atomic mass is 79.9. The van der Waals surface area contributed by atoms with Gasteiger partial charge in [-0.05, 0) is 53.2 Å². The van der Waals surface area contributed by atoms with Gasteiger partial charge in [-0.15, -0.1) is 0 Å². The fourth-order valence-electron chi connectivity index (χ4n) is 2.62. The molecule has 0 N–H and O–H groups in total. The third-order valence-electron chi connectivity index (χ3n) is 3.84.